The molecule has 0 radical (unpaired) electrons. The van der Waals surface area contributed by atoms with Crippen LogP contribution in [0.25, 0.3) is 21.3 Å². The maximum absolute atomic E-state index is 12.4. The zero-order chi connectivity index (χ0) is 28.1. The molecule has 1 saturated heterocycles. The standard InChI is InChI=1S/C31H31ClN4O4S/c1-35(28(38)4-2-11-37)17-21-16-26-31(41-21)22(7-8-33-26)23-14-19(32)12-18-13-27(39-29(18)23)30-24-15-20(36-9-3-10-36)5-6-25(24)34-40-30/h7-8,11-12,14,16,20,27H,2-6,9-10,13,15,17H2,1H3. The molecule has 8 nitrogen and oxygen atoms in total. The lowest BCUT2D eigenvalue weighted by molar-refractivity contribution is -0.131. The van der Waals surface area contributed by atoms with Gasteiger partial charge in [-0.1, -0.05) is 16.8 Å². The number of likely N-dealkylation sites (tertiary alicyclic amines) is 1. The molecule has 0 bridgehead atoms. The Morgan fingerprint density at radius 3 is 2.93 bits per heavy atom. The largest absolute Gasteiger partial charge is 0.481 e. The molecule has 41 heavy (non-hydrogen) atoms. The van der Waals surface area contributed by atoms with Crippen LogP contribution in [-0.2, 0) is 35.4 Å². The Morgan fingerprint density at radius 1 is 1.24 bits per heavy atom. The quantitative estimate of drug-likeness (QED) is 0.240. The summed E-state index contributed by atoms with van der Waals surface area (Å²) in [6, 6.07) is 8.53. The third-order valence-corrected chi connectivity index (χ3v) is 9.96. The number of thiophene rings is 1. The normalized spacial score (nSPS) is 19.9. The second-order valence-electron chi connectivity index (χ2n) is 11.3. The molecule has 2 aliphatic heterocycles. The highest BCUT2D eigenvalue weighted by atomic mass is 35.5. The zero-order valence-electron chi connectivity index (χ0n) is 22.9. The van der Waals surface area contributed by atoms with Crippen molar-refractivity contribution in [3.8, 4) is 16.9 Å². The lowest BCUT2D eigenvalue weighted by Gasteiger charge is -2.40. The first-order valence-electron chi connectivity index (χ1n) is 14.2. The summed E-state index contributed by atoms with van der Waals surface area (Å²) in [5.74, 6) is 1.62. The highest BCUT2D eigenvalue weighted by Gasteiger charge is 2.37. The van der Waals surface area contributed by atoms with Crippen LogP contribution in [0.3, 0.4) is 0 Å². The third-order valence-electron chi connectivity index (χ3n) is 8.60. The van der Waals surface area contributed by atoms with E-state index in [1.54, 1.807) is 29.5 Å². The van der Waals surface area contributed by atoms with Crippen LogP contribution >= 0.6 is 22.9 Å². The molecule has 3 aromatic heterocycles. The first-order chi connectivity index (χ1) is 20.0. The number of fused-ring (bicyclic) bond motifs is 3. The van der Waals surface area contributed by atoms with E-state index in [2.05, 4.69) is 15.0 Å². The molecule has 5 heterocycles. The van der Waals surface area contributed by atoms with Gasteiger partial charge >= 0.3 is 0 Å². The van der Waals surface area contributed by atoms with Gasteiger partial charge in [-0.05, 0) is 63.0 Å². The lowest BCUT2D eigenvalue weighted by Crippen LogP contribution is -2.47. The fourth-order valence-electron chi connectivity index (χ4n) is 6.33. The van der Waals surface area contributed by atoms with Crippen LogP contribution < -0.4 is 4.74 Å². The number of aldehydes is 1. The SMILES string of the molecule is CN(Cc1cc2nccc(-c3cc(Cl)cc4c3OC(c3onc5c3CC(N3CCC3)CC5)C4)c2s1)C(=O)CCC=O. The Morgan fingerprint density at radius 2 is 2.12 bits per heavy atom. The average Bonchev–Trinajstić information content (AvgIpc) is 3.65. The summed E-state index contributed by atoms with van der Waals surface area (Å²) < 4.78 is 13.7. The highest BCUT2D eigenvalue weighted by molar-refractivity contribution is 7.19. The number of amides is 1. The molecule has 3 aliphatic rings. The number of aryl methyl sites for hydroxylation is 1. The summed E-state index contributed by atoms with van der Waals surface area (Å²) in [5.41, 5.74) is 6.14. The van der Waals surface area contributed by atoms with Crippen LogP contribution in [-0.4, -0.2) is 58.3 Å². The maximum atomic E-state index is 12.4. The van der Waals surface area contributed by atoms with Crippen molar-refractivity contribution in [1.29, 1.82) is 0 Å². The molecule has 0 N–H and O–H groups in total. The Kier molecular flexibility index (Phi) is 7.05. The second kappa shape index (κ2) is 10.9. The van der Waals surface area contributed by atoms with Crippen molar-refractivity contribution in [2.45, 2.75) is 63.6 Å². The molecule has 2 atom stereocenters. The van der Waals surface area contributed by atoms with E-state index in [-0.39, 0.29) is 24.9 Å². The summed E-state index contributed by atoms with van der Waals surface area (Å²) in [7, 11) is 1.76. The van der Waals surface area contributed by atoms with Crippen molar-refractivity contribution in [3.05, 3.63) is 62.9 Å². The molecular formula is C31H31ClN4O4S. The van der Waals surface area contributed by atoms with Crippen molar-refractivity contribution < 1.29 is 18.8 Å². The number of hydrogen-bond donors (Lipinski definition) is 0. The van der Waals surface area contributed by atoms with Crippen LogP contribution in [0, 0.1) is 0 Å². The van der Waals surface area contributed by atoms with Gasteiger partial charge in [0.2, 0.25) is 5.91 Å². The van der Waals surface area contributed by atoms with E-state index in [1.165, 1.54) is 25.1 Å². The van der Waals surface area contributed by atoms with Gasteiger partial charge in [-0.15, -0.1) is 11.3 Å². The van der Waals surface area contributed by atoms with Gasteiger partial charge in [0.1, 0.15) is 12.0 Å². The van der Waals surface area contributed by atoms with Gasteiger partial charge in [0.25, 0.3) is 0 Å². The van der Waals surface area contributed by atoms with Crippen molar-refractivity contribution in [3.63, 3.8) is 0 Å². The molecule has 0 saturated carbocycles. The summed E-state index contributed by atoms with van der Waals surface area (Å²) in [4.78, 5) is 32.9. The van der Waals surface area contributed by atoms with Gasteiger partial charge in [0.15, 0.2) is 11.9 Å². The van der Waals surface area contributed by atoms with Crippen LogP contribution in [0.5, 0.6) is 5.75 Å². The van der Waals surface area contributed by atoms with Gasteiger partial charge in [-0.25, -0.2) is 0 Å². The van der Waals surface area contributed by atoms with Crippen molar-refractivity contribution in [1.82, 2.24) is 19.9 Å². The van der Waals surface area contributed by atoms with Crippen LogP contribution in [0.1, 0.15) is 59.2 Å². The topological polar surface area (TPSA) is 88.8 Å². The summed E-state index contributed by atoms with van der Waals surface area (Å²) in [6.45, 7) is 2.83. The Bertz CT molecular complexity index is 1640. The smallest absolute Gasteiger partial charge is 0.223 e. The van der Waals surface area contributed by atoms with E-state index in [0.717, 1.165) is 74.5 Å². The van der Waals surface area contributed by atoms with Gasteiger partial charge in [-0.3, -0.25) is 14.7 Å². The van der Waals surface area contributed by atoms with Gasteiger partial charge in [0, 0.05) is 70.7 Å². The second-order valence-corrected chi connectivity index (χ2v) is 12.8. The summed E-state index contributed by atoms with van der Waals surface area (Å²) >= 11 is 8.28. The van der Waals surface area contributed by atoms with Crippen molar-refractivity contribution in [2.24, 2.45) is 0 Å². The fourth-order valence-corrected chi connectivity index (χ4v) is 7.76. The van der Waals surface area contributed by atoms with Gasteiger partial charge in [0.05, 0.1) is 22.5 Å². The number of carbonyl (C=O) groups is 2. The molecule has 212 valence electrons. The highest BCUT2D eigenvalue weighted by Crippen LogP contribution is 2.48. The van der Waals surface area contributed by atoms with E-state index in [9.17, 15) is 9.59 Å². The fraction of sp³-hybridized carbons (Fsp3) is 0.419. The van der Waals surface area contributed by atoms with Gasteiger partial charge in [-0.2, -0.15) is 0 Å². The predicted octanol–water partition coefficient (Wildman–Crippen LogP) is 5.78. The molecule has 10 heteroatoms. The number of hydrogen-bond acceptors (Lipinski definition) is 8. The lowest BCUT2D eigenvalue weighted by atomic mass is 9.88. The summed E-state index contributed by atoms with van der Waals surface area (Å²) in [6.07, 6.45) is 7.80. The Balaban J connectivity index is 1.18. The number of rotatable bonds is 8. The van der Waals surface area contributed by atoms with E-state index >= 15 is 0 Å². The van der Waals surface area contributed by atoms with Crippen LogP contribution in [0.4, 0.5) is 0 Å². The molecule has 4 aromatic rings. The number of pyridine rings is 1. The van der Waals surface area contributed by atoms with E-state index in [4.69, 9.17) is 20.9 Å². The molecule has 0 spiro atoms. The zero-order valence-corrected chi connectivity index (χ0v) is 24.5. The Labute approximate surface area is 247 Å². The number of halogens is 1. The molecule has 2 unspecified atom stereocenters. The monoisotopic (exact) mass is 590 g/mol. The molecule has 1 amide bonds. The summed E-state index contributed by atoms with van der Waals surface area (Å²) in [5, 5.41) is 5.10. The minimum absolute atomic E-state index is 0.0550. The average molecular weight is 591 g/mol. The van der Waals surface area contributed by atoms with Crippen molar-refractivity contribution in [2.75, 3.05) is 20.1 Å². The first-order valence-corrected chi connectivity index (χ1v) is 15.4. The first kappa shape index (κ1) is 26.6. The number of nitrogens with zero attached hydrogens (tertiary/aromatic N) is 4. The minimum Gasteiger partial charge on any atom is -0.481 e. The molecule has 1 aromatic carbocycles. The maximum Gasteiger partial charge on any atom is 0.223 e. The molecule has 7 rings (SSSR count). The molecule has 1 fully saturated rings. The number of benzene rings is 1. The van der Waals surface area contributed by atoms with E-state index in [1.807, 2.05) is 24.3 Å². The van der Waals surface area contributed by atoms with Gasteiger partial charge < -0.3 is 19.0 Å². The minimum atomic E-state index is -0.240. The predicted molar refractivity (Wildman–Crippen MR) is 157 cm³/mol. The molecule has 1 aliphatic carbocycles. The van der Waals surface area contributed by atoms with E-state index in [0.29, 0.717) is 24.0 Å². The number of carbonyl (C=O) groups excluding carboxylic acids is 2. The number of ether oxygens (including phenoxy) is 1. The Hall–Kier alpha value is -3.27. The van der Waals surface area contributed by atoms with E-state index < -0.39 is 0 Å². The van der Waals surface area contributed by atoms with Crippen molar-refractivity contribution >= 4 is 45.3 Å². The number of aromatic nitrogens is 2. The molecular weight excluding hydrogens is 560 g/mol. The van der Waals surface area contributed by atoms with Crippen LogP contribution in [0.15, 0.2) is 35.0 Å². The third kappa shape index (κ3) is 4.94. The van der Waals surface area contributed by atoms with Crippen LogP contribution in [0.2, 0.25) is 5.02 Å².